The van der Waals surface area contributed by atoms with Gasteiger partial charge in [0.2, 0.25) is 0 Å². The minimum atomic E-state index is -0.369. The fraction of sp³-hybridized carbons (Fsp3) is 0.333. The molecule has 126 valence electrons. The molecule has 0 amide bonds. The number of nitrogens with zero attached hydrogens (tertiary/aromatic N) is 2. The van der Waals surface area contributed by atoms with E-state index in [4.69, 9.17) is 9.47 Å². The van der Waals surface area contributed by atoms with E-state index in [0.717, 1.165) is 30.0 Å². The molecule has 0 atom stereocenters. The van der Waals surface area contributed by atoms with Gasteiger partial charge in [0, 0.05) is 36.3 Å². The number of benzene rings is 2. The van der Waals surface area contributed by atoms with Crippen LogP contribution in [-0.4, -0.2) is 23.2 Å². The van der Waals surface area contributed by atoms with Gasteiger partial charge in [-0.25, -0.2) is 0 Å². The number of hydrogen-bond acceptors (Lipinski definition) is 5. The molecule has 2 aromatic carbocycles. The zero-order chi connectivity index (χ0) is 16.9. The van der Waals surface area contributed by atoms with E-state index < -0.39 is 0 Å². The standard InChI is InChI=1S/C18H20N2O4/c1-2-19(10-14-6-4-3-5-7-14)11-15-8-17(20(21)22)9-16-12-23-13-24-18(15)16/h3-9H,2,10-13H2,1H3. The van der Waals surface area contributed by atoms with Gasteiger partial charge in [-0.05, 0) is 12.1 Å². The summed E-state index contributed by atoms with van der Waals surface area (Å²) in [6, 6.07) is 13.3. The molecule has 2 aromatic rings. The molecular weight excluding hydrogens is 308 g/mol. The lowest BCUT2D eigenvalue weighted by atomic mass is 10.1. The highest BCUT2D eigenvalue weighted by atomic mass is 16.7. The molecule has 0 spiro atoms. The van der Waals surface area contributed by atoms with Crippen molar-refractivity contribution in [2.75, 3.05) is 13.3 Å². The van der Waals surface area contributed by atoms with Gasteiger partial charge in [0.1, 0.15) is 5.75 Å². The molecule has 0 aromatic heterocycles. The molecule has 0 unspecified atom stereocenters. The van der Waals surface area contributed by atoms with Gasteiger partial charge in [-0.1, -0.05) is 37.3 Å². The maximum atomic E-state index is 11.2. The maximum absolute atomic E-state index is 11.2. The zero-order valence-corrected chi connectivity index (χ0v) is 13.6. The summed E-state index contributed by atoms with van der Waals surface area (Å²) in [5.41, 5.74) is 2.86. The Kier molecular flexibility index (Phi) is 5.08. The van der Waals surface area contributed by atoms with Crippen LogP contribution in [0.1, 0.15) is 23.6 Å². The molecule has 3 rings (SSSR count). The van der Waals surface area contributed by atoms with Crippen molar-refractivity contribution in [2.45, 2.75) is 26.6 Å². The minimum absolute atomic E-state index is 0.0774. The Morgan fingerprint density at radius 1 is 1.21 bits per heavy atom. The van der Waals surface area contributed by atoms with Crippen molar-refractivity contribution in [1.29, 1.82) is 0 Å². The van der Waals surface area contributed by atoms with Crippen LogP contribution in [0.4, 0.5) is 5.69 Å². The molecule has 0 radical (unpaired) electrons. The number of rotatable bonds is 6. The van der Waals surface area contributed by atoms with Crippen molar-refractivity contribution in [1.82, 2.24) is 4.90 Å². The van der Waals surface area contributed by atoms with Crippen LogP contribution in [-0.2, 0) is 24.4 Å². The number of fused-ring (bicyclic) bond motifs is 1. The van der Waals surface area contributed by atoms with E-state index >= 15 is 0 Å². The highest BCUT2D eigenvalue weighted by Gasteiger charge is 2.22. The van der Waals surface area contributed by atoms with Crippen LogP contribution in [0.3, 0.4) is 0 Å². The average molecular weight is 328 g/mol. The predicted molar refractivity (Wildman–Crippen MR) is 89.6 cm³/mol. The van der Waals surface area contributed by atoms with Crippen LogP contribution in [0, 0.1) is 10.1 Å². The fourth-order valence-electron chi connectivity index (χ4n) is 2.87. The van der Waals surface area contributed by atoms with Crippen molar-refractivity contribution in [3.8, 4) is 5.75 Å². The number of nitro benzene ring substituents is 1. The largest absolute Gasteiger partial charge is 0.467 e. The minimum Gasteiger partial charge on any atom is -0.467 e. The molecule has 6 heteroatoms. The van der Waals surface area contributed by atoms with Gasteiger partial charge in [-0.2, -0.15) is 0 Å². The van der Waals surface area contributed by atoms with Crippen LogP contribution < -0.4 is 4.74 Å². The van der Waals surface area contributed by atoms with Gasteiger partial charge in [-0.15, -0.1) is 0 Å². The number of ether oxygens (including phenoxy) is 2. The van der Waals surface area contributed by atoms with Gasteiger partial charge in [0.15, 0.2) is 6.79 Å². The summed E-state index contributed by atoms with van der Waals surface area (Å²) in [4.78, 5) is 13.1. The molecule has 1 aliphatic heterocycles. The maximum Gasteiger partial charge on any atom is 0.270 e. The van der Waals surface area contributed by atoms with Crippen LogP contribution in [0.25, 0.3) is 0 Å². The SMILES string of the molecule is CCN(Cc1ccccc1)Cc1cc([N+](=O)[O-])cc2c1OCOC2. The molecule has 1 heterocycles. The first kappa shape index (κ1) is 16.4. The summed E-state index contributed by atoms with van der Waals surface area (Å²) < 4.78 is 10.9. The van der Waals surface area contributed by atoms with Crippen molar-refractivity contribution >= 4 is 5.69 Å². The molecule has 0 bridgehead atoms. The van der Waals surface area contributed by atoms with E-state index in [1.165, 1.54) is 11.6 Å². The van der Waals surface area contributed by atoms with Crippen molar-refractivity contribution in [3.05, 3.63) is 69.3 Å². The predicted octanol–water partition coefficient (Wildman–Crippen LogP) is 3.48. The molecule has 0 saturated carbocycles. The molecule has 0 saturated heterocycles. The quantitative estimate of drug-likeness (QED) is 0.600. The zero-order valence-electron chi connectivity index (χ0n) is 13.6. The Bertz CT molecular complexity index is 718. The first-order valence-corrected chi connectivity index (χ1v) is 7.94. The normalized spacial score (nSPS) is 13.4. The summed E-state index contributed by atoms with van der Waals surface area (Å²) in [5, 5.41) is 11.2. The Morgan fingerprint density at radius 2 is 2.00 bits per heavy atom. The molecular formula is C18H20N2O4. The molecule has 24 heavy (non-hydrogen) atoms. The Balaban J connectivity index is 1.86. The van der Waals surface area contributed by atoms with Crippen LogP contribution in [0.15, 0.2) is 42.5 Å². The number of nitro groups is 1. The van der Waals surface area contributed by atoms with Crippen molar-refractivity contribution < 1.29 is 14.4 Å². The van der Waals surface area contributed by atoms with Crippen LogP contribution in [0.2, 0.25) is 0 Å². The lowest BCUT2D eigenvalue weighted by Crippen LogP contribution is -2.24. The molecule has 0 aliphatic carbocycles. The van der Waals surface area contributed by atoms with E-state index in [0.29, 0.717) is 13.2 Å². The summed E-state index contributed by atoms with van der Waals surface area (Å²) in [7, 11) is 0. The molecule has 0 N–H and O–H groups in total. The molecule has 0 fully saturated rings. The highest BCUT2D eigenvalue weighted by molar-refractivity contribution is 5.50. The van der Waals surface area contributed by atoms with Crippen molar-refractivity contribution in [3.63, 3.8) is 0 Å². The van der Waals surface area contributed by atoms with E-state index in [2.05, 4.69) is 24.0 Å². The van der Waals surface area contributed by atoms with E-state index in [1.807, 2.05) is 18.2 Å². The number of hydrogen-bond donors (Lipinski definition) is 0. The Hall–Kier alpha value is -2.44. The summed E-state index contributed by atoms with van der Waals surface area (Å²) in [6.45, 7) is 4.82. The second-order valence-corrected chi connectivity index (χ2v) is 5.75. The second-order valence-electron chi connectivity index (χ2n) is 5.75. The van der Waals surface area contributed by atoms with Crippen LogP contribution in [0.5, 0.6) is 5.75 Å². The summed E-state index contributed by atoms with van der Waals surface area (Å²) in [6.07, 6.45) is 0. The summed E-state index contributed by atoms with van der Waals surface area (Å²) in [5.74, 6) is 0.721. The first-order chi connectivity index (χ1) is 11.7. The highest BCUT2D eigenvalue weighted by Crippen LogP contribution is 2.33. The van der Waals surface area contributed by atoms with Crippen molar-refractivity contribution in [2.24, 2.45) is 0 Å². The van der Waals surface area contributed by atoms with Gasteiger partial charge >= 0.3 is 0 Å². The molecule has 6 nitrogen and oxygen atoms in total. The second kappa shape index (κ2) is 7.42. The lowest BCUT2D eigenvalue weighted by Gasteiger charge is -2.25. The average Bonchev–Trinajstić information content (AvgIpc) is 2.61. The van der Waals surface area contributed by atoms with Gasteiger partial charge < -0.3 is 9.47 Å². The Labute approximate surface area is 140 Å². The van der Waals surface area contributed by atoms with Gasteiger partial charge in [0.05, 0.1) is 11.5 Å². The van der Waals surface area contributed by atoms with Gasteiger partial charge in [0.25, 0.3) is 5.69 Å². The van der Waals surface area contributed by atoms with E-state index in [-0.39, 0.29) is 17.4 Å². The van der Waals surface area contributed by atoms with Crippen LogP contribution >= 0.6 is 0 Å². The monoisotopic (exact) mass is 328 g/mol. The van der Waals surface area contributed by atoms with E-state index in [9.17, 15) is 10.1 Å². The fourth-order valence-corrected chi connectivity index (χ4v) is 2.87. The third kappa shape index (κ3) is 3.72. The first-order valence-electron chi connectivity index (χ1n) is 7.94. The third-order valence-electron chi connectivity index (χ3n) is 4.07. The Morgan fingerprint density at radius 3 is 2.71 bits per heavy atom. The topological polar surface area (TPSA) is 64.8 Å². The smallest absolute Gasteiger partial charge is 0.270 e. The van der Waals surface area contributed by atoms with E-state index in [1.54, 1.807) is 6.07 Å². The van der Waals surface area contributed by atoms with Gasteiger partial charge in [-0.3, -0.25) is 15.0 Å². The lowest BCUT2D eigenvalue weighted by molar-refractivity contribution is -0.385. The summed E-state index contributed by atoms with van der Waals surface area (Å²) >= 11 is 0. The number of non-ortho nitro benzene ring substituents is 1. The molecule has 1 aliphatic rings. The third-order valence-corrected chi connectivity index (χ3v) is 4.07.